The van der Waals surface area contributed by atoms with Gasteiger partial charge in [-0.25, -0.2) is 0 Å². The Morgan fingerprint density at radius 3 is 2.24 bits per heavy atom. The first kappa shape index (κ1) is 14.8. The van der Waals surface area contributed by atoms with E-state index < -0.39 is 17.9 Å². The molecule has 0 radical (unpaired) electrons. The second kappa shape index (κ2) is 5.82. The summed E-state index contributed by atoms with van der Waals surface area (Å²) in [5.74, 6) is -0.878. The summed E-state index contributed by atoms with van der Waals surface area (Å²) in [6.45, 7) is 0. The number of benzene rings is 1. The van der Waals surface area contributed by atoms with Crippen molar-refractivity contribution in [1.29, 1.82) is 0 Å². The van der Waals surface area contributed by atoms with Crippen molar-refractivity contribution in [2.24, 2.45) is 0 Å². The number of pyridine rings is 1. The maximum atomic E-state index is 12.3. The van der Waals surface area contributed by atoms with E-state index in [0.717, 1.165) is 12.1 Å². The van der Waals surface area contributed by atoms with Gasteiger partial charge in [-0.05, 0) is 24.3 Å². The van der Waals surface area contributed by atoms with E-state index in [0.29, 0.717) is 5.56 Å². The molecule has 0 atom stereocenters. The lowest BCUT2D eigenvalue weighted by Crippen LogP contribution is -2.17. The first-order valence-electron chi connectivity index (χ1n) is 5.78. The molecule has 1 aromatic heterocycles. The first-order valence-corrected chi connectivity index (χ1v) is 5.78. The van der Waals surface area contributed by atoms with Crippen LogP contribution < -0.4 is 9.47 Å². The molecule has 0 aliphatic heterocycles. The van der Waals surface area contributed by atoms with Gasteiger partial charge in [-0.1, -0.05) is 0 Å². The third kappa shape index (κ3) is 3.95. The van der Waals surface area contributed by atoms with Crippen molar-refractivity contribution in [1.82, 2.24) is 4.98 Å². The number of ether oxygens (including phenoxy) is 2. The van der Waals surface area contributed by atoms with Crippen LogP contribution in [0.1, 0.15) is 15.9 Å². The highest BCUT2D eigenvalue weighted by Gasteiger charge is 2.31. The molecule has 7 heteroatoms. The number of hydrogen-bond acceptors (Lipinski definition) is 4. The second-order valence-electron chi connectivity index (χ2n) is 4.01. The van der Waals surface area contributed by atoms with E-state index in [1.807, 2.05) is 0 Å². The van der Waals surface area contributed by atoms with Gasteiger partial charge in [0.25, 0.3) is 0 Å². The molecule has 0 unspecified atom stereocenters. The average molecular weight is 297 g/mol. The molecule has 2 aromatic rings. The third-order valence-electron chi connectivity index (χ3n) is 2.55. The lowest BCUT2D eigenvalue weighted by Gasteiger charge is -2.12. The number of methoxy groups -OCH3 is 1. The highest BCUT2D eigenvalue weighted by molar-refractivity contribution is 6.09. The van der Waals surface area contributed by atoms with Crippen molar-refractivity contribution in [3.8, 4) is 11.5 Å². The normalized spacial score (nSPS) is 11.0. The van der Waals surface area contributed by atoms with E-state index >= 15 is 0 Å². The zero-order valence-electron chi connectivity index (χ0n) is 10.8. The topological polar surface area (TPSA) is 48.4 Å². The Morgan fingerprint density at radius 2 is 1.67 bits per heavy atom. The number of carbonyl (C=O) groups is 1. The largest absolute Gasteiger partial charge is 0.573 e. The van der Waals surface area contributed by atoms with Gasteiger partial charge in [0.2, 0.25) is 0 Å². The van der Waals surface area contributed by atoms with Gasteiger partial charge in [0.05, 0.1) is 7.11 Å². The predicted octanol–water partition coefficient (Wildman–Crippen LogP) is 3.22. The molecule has 0 amide bonds. The van der Waals surface area contributed by atoms with E-state index in [1.54, 1.807) is 0 Å². The van der Waals surface area contributed by atoms with Gasteiger partial charge in [0, 0.05) is 29.6 Å². The van der Waals surface area contributed by atoms with Crippen LogP contribution in [0, 0.1) is 0 Å². The number of carbonyl (C=O) groups excluding carboxylic acids is 1. The molecule has 0 bridgehead atoms. The molecule has 4 nitrogen and oxygen atoms in total. The Morgan fingerprint density at radius 1 is 1.05 bits per heavy atom. The Bertz CT molecular complexity index is 642. The molecule has 0 saturated heterocycles. The SMILES string of the molecule is COc1cc(OC(F)(F)F)cc(C(=O)c2ccncc2)c1. The van der Waals surface area contributed by atoms with Gasteiger partial charge >= 0.3 is 6.36 Å². The van der Waals surface area contributed by atoms with Crippen LogP contribution in [0.25, 0.3) is 0 Å². The smallest absolute Gasteiger partial charge is 0.497 e. The van der Waals surface area contributed by atoms with Crippen LogP contribution >= 0.6 is 0 Å². The van der Waals surface area contributed by atoms with Crippen LogP contribution in [-0.4, -0.2) is 24.2 Å². The molecule has 110 valence electrons. The summed E-state index contributed by atoms with van der Waals surface area (Å²) in [5.41, 5.74) is 0.330. The molecule has 0 fully saturated rings. The van der Waals surface area contributed by atoms with E-state index in [2.05, 4.69) is 9.72 Å². The summed E-state index contributed by atoms with van der Waals surface area (Å²) in [6, 6.07) is 6.33. The zero-order valence-corrected chi connectivity index (χ0v) is 10.8. The number of halogens is 3. The highest BCUT2D eigenvalue weighted by atomic mass is 19.4. The van der Waals surface area contributed by atoms with Crippen molar-refractivity contribution < 1.29 is 27.4 Å². The Hall–Kier alpha value is -2.57. The lowest BCUT2D eigenvalue weighted by molar-refractivity contribution is -0.274. The molecule has 0 spiro atoms. The molecule has 0 aliphatic rings. The first-order chi connectivity index (χ1) is 9.89. The Kier molecular flexibility index (Phi) is 4.11. The minimum atomic E-state index is -4.84. The quantitative estimate of drug-likeness (QED) is 0.813. The van der Waals surface area contributed by atoms with E-state index in [9.17, 15) is 18.0 Å². The van der Waals surface area contributed by atoms with E-state index in [1.165, 1.54) is 37.7 Å². The lowest BCUT2D eigenvalue weighted by atomic mass is 10.0. The zero-order chi connectivity index (χ0) is 15.5. The molecule has 2 rings (SSSR count). The second-order valence-corrected chi connectivity index (χ2v) is 4.01. The molecule has 0 saturated carbocycles. The molecule has 21 heavy (non-hydrogen) atoms. The minimum Gasteiger partial charge on any atom is -0.497 e. The Labute approximate surface area is 118 Å². The number of ketones is 1. The number of alkyl halides is 3. The fraction of sp³-hybridized carbons (Fsp3) is 0.143. The van der Waals surface area contributed by atoms with Gasteiger partial charge in [0.1, 0.15) is 11.5 Å². The molecule has 0 aliphatic carbocycles. The fourth-order valence-electron chi connectivity index (χ4n) is 1.68. The van der Waals surface area contributed by atoms with Crippen molar-refractivity contribution in [2.45, 2.75) is 6.36 Å². The fourth-order valence-corrected chi connectivity index (χ4v) is 1.68. The highest BCUT2D eigenvalue weighted by Crippen LogP contribution is 2.29. The average Bonchev–Trinajstić information content (AvgIpc) is 2.45. The molecule has 1 heterocycles. The van der Waals surface area contributed by atoms with Crippen molar-refractivity contribution in [3.05, 3.63) is 53.9 Å². The maximum absolute atomic E-state index is 12.3. The number of rotatable bonds is 4. The molecule has 0 N–H and O–H groups in total. The van der Waals surface area contributed by atoms with Gasteiger partial charge in [-0.15, -0.1) is 13.2 Å². The third-order valence-corrected chi connectivity index (χ3v) is 2.55. The van der Waals surface area contributed by atoms with Crippen LogP contribution in [-0.2, 0) is 0 Å². The van der Waals surface area contributed by atoms with Crippen LogP contribution in [0.4, 0.5) is 13.2 Å². The summed E-state index contributed by atoms with van der Waals surface area (Å²) >= 11 is 0. The molecular formula is C14H10F3NO3. The number of hydrogen-bond donors (Lipinski definition) is 0. The molecule has 1 aromatic carbocycles. The van der Waals surface area contributed by atoms with Gasteiger partial charge in [0.15, 0.2) is 5.78 Å². The van der Waals surface area contributed by atoms with Crippen LogP contribution in [0.3, 0.4) is 0 Å². The summed E-state index contributed by atoms with van der Waals surface area (Å²) in [4.78, 5) is 16.0. The summed E-state index contributed by atoms with van der Waals surface area (Å²) in [5, 5.41) is 0. The van der Waals surface area contributed by atoms with Crippen LogP contribution in [0.15, 0.2) is 42.7 Å². The maximum Gasteiger partial charge on any atom is 0.573 e. The van der Waals surface area contributed by atoms with Crippen molar-refractivity contribution in [3.63, 3.8) is 0 Å². The Balaban J connectivity index is 2.39. The summed E-state index contributed by atoms with van der Waals surface area (Å²) in [6.07, 6.45) is -2.01. The van der Waals surface area contributed by atoms with Gasteiger partial charge in [-0.3, -0.25) is 9.78 Å². The number of aromatic nitrogens is 1. The van der Waals surface area contributed by atoms with E-state index in [-0.39, 0.29) is 11.3 Å². The summed E-state index contributed by atoms with van der Waals surface area (Å²) in [7, 11) is 1.29. The van der Waals surface area contributed by atoms with E-state index in [4.69, 9.17) is 4.74 Å². The van der Waals surface area contributed by atoms with Crippen molar-refractivity contribution >= 4 is 5.78 Å². The monoisotopic (exact) mass is 297 g/mol. The standard InChI is InChI=1S/C14H10F3NO3/c1-20-11-6-10(7-12(8-11)21-14(15,16)17)13(19)9-2-4-18-5-3-9/h2-8H,1H3. The van der Waals surface area contributed by atoms with Crippen LogP contribution in [0.2, 0.25) is 0 Å². The van der Waals surface area contributed by atoms with Crippen LogP contribution in [0.5, 0.6) is 11.5 Å². The molecular weight excluding hydrogens is 287 g/mol. The number of nitrogens with zero attached hydrogens (tertiary/aromatic N) is 1. The van der Waals surface area contributed by atoms with Gasteiger partial charge < -0.3 is 9.47 Å². The summed E-state index contributed by atoms with van der Waals surface area (Å²) < 4.78 is 45.5. The minimum absolute atomic E-state index is 0.0276. The van der Waals surface area contributed by atoms with Crippen molar-refractivity contribution in [2.75, 3.05) is 7.11 Å². The van der Waals surface area contributed by atoms with Gasteiger partial charge in [-0.2, -0.15) is 0 Å². The predicted molar refractivity (Wildman–Crippen MR) is 67.3 cm³/mol.